The van der Waals surface area contributed by atoms with Crippen LogP contribution in [0.2, 0.25) is 10.0 Å². The molecule has 142 valence electrons. The molecular weight excluding hydrogens is 413 g/mol. The Morgan fingerprint density at radius 3 is 2.57 bits per heavy atom. The van der Waals surface area contributed by atoms with E-state index in [0.29, 0.717) is 21.8 Å². The molecule has 0 aliphatic carbocycles. The number of hydrogen-bond donors (Lipinski definition) is 2. The van der Waals surface area contributed by atoms with Gasteiger partial charge in [-0.3, -0.25) is 5.43 Å². The molecule has 0 bridgehead atoms. The third-order valence-corrected chi connectivity index (χ3v) is 4.59. The van der Waals surface area contributed by atoms with Gasteiger partial charge in [0.1, 0.15) is 12.4 Å². The van der Waals surface area contributed by atoms with Gasteiger partial charge in [0, 0.05) is 5.69 Å². The number of thiocarbonyl (C=S) groups is 1. The first-order valence-electron chi connectivity index (χ1n) is 8.42. The molecule has 3 rings (SSSR count). The summed E-state index contributed by atoms with van der Waals surface area (Å²) in [5.74, 6) is 0.722. The van der Waals surface area contributed by atoms with Gasteiger partial charge in [-0.05, 0) is 59.7 Å². The van der Waals surface area contributed by atoms with Gasteiger partial charge in [-0.2, -0.15) is 5.10 Å². The number of para-hydroxylation sites is 1. The Bertz CT molecular complexity index is 980. The van der Waals surface area contributed by atoms with Crippen LogP contribution in [0.1, 0.15) is 11.1 Å². The van der Waals surface area contributed by atoms with Crippen molar-refractivity contribution in [3.8, 4) is 5.75 Å². The third-order valence-electron chi connectivity index (χ3n) is 3.66. The number of hydrogen-bond acceptors (Lipinski definition) is 3. The summed E-state index contributed by atoms with van der Waals surface area (Å²) in [5.41, 5.74) is 5.50. The monoisotopic (exact) mass is 429 g/mol. The molecule has 0 fully saturated rings. The highest BCUT2D eigenvalue weighted by atomic mass is 35.5. The molecule has 3 aromatic rings. The molecule has 0 unspecified atom stereocenters. The first-order chi connectivity index (χ1) is 13.6. The van der Waals surface area contributed by atoms with Gasteiger partial charge in [0.15, 0.2) is 5.11 Å². The Balaban J connectivity index is 1.53. The molecule has 0 aliphatic rings. The van der Waals surface area contributed by atoms with Crippen molar-refractivity contribution < 1.29 is 4.74 Å². The van der Waals surface area contributed by atoms with Gasteiger partial charge in [-0.25, -0.2) is 0 Å². The average molecular weight is 430 g/mol. The van der Waals surface area contributed by atoms with Crippen molar-refractivity contribution >= 4 is 52.4 Å². The van der Waals surface area contributed by atoms with Crippen molar-refractivity contribution in [3.05, 3.63) is 94.0 Å². The maximum absolute atomic E-state index is 6.03. The molecule has 0 radical (unpaired) electrons. The Morgan fingerprint density at radius 2 is 1.79 bits per heavy atom. The predicted molar refractivity (Wildman–Crippen MR) is 121 cm³/mol. The second kappa shape index (κ2) is 10.1. The molecule has 0 spiro atoms. The van der Waals surface area contributed by atoms with E-state index >= 15 is 0 Å². The average Bonchev–Trinajstić information content (AvgIpc) is 2.70. The van der Waals surface area contributed by atoms with Crippen molar-refractivity contribution in [2.45, 2.75) is 6.61 Å². The summed E-state index contributed by atoms with van der Waals surface area (Å²) in [4.78, 5) is 0. The lowest BCUT2D eigenvalue weighted by Crippen LogP contribution is -2.23. The van der Waals surface area contributed by atoms with Crippen LogP contribution < -0.4 is 15.5 Å². The molecule has 7 heteroatoms. The van der Waals surface area contributed by atoms with Gasteiger partial charge in [-0.1, -0.05) is 59.6 Å². The minimum absolute atomic E-state index is 0.390. The highest BCUT2D eigenvalue weighted by molar-refractivity contribution is 7.80. The van der Waals surface area contributed by atoms with Crippen LogP contribution in [-0.2, 0) is 6.61 Å². The summed E-state index contributed by atoms with van der Waals surface area (Å²) in [5, 5.41) is 8.64. The van der Waals surface area contributed by atoms with E-state index in [1.807, 2.05) is 60.7 Å². The molecule has 3 aromatic carbocycles. The van der Waals surface area contributed by atoms with E-state index in [2.05, 4.69) is 15.8 Å². The SMILES string of the molecule is S=C(N/N=C/c1cccc(OCc2ccc(Cl)c(Cl)c2)c1)Nc1ccccc1. The lowest BCUT2D eigenvalue weighted by Gasteiger charge is -2.08. The zero-order valence-corrected chi connectivity index (χ0v) is 17.1. The van der Waals surface area contributed by atoms with E-state index in [1.54, 1.807) is 18.3 Å². The van der Waals surface area contributed by atoms with Gasteiger partial charge in [0.25, 0.3) is 0 Å². The fourth-order valence-corrected chi connectivity index (χ4v) is 2.82. The molecule has 0 amide bonds. The topological polar surface area (TPSA) is 45.7 Å². The summed E-state index contributed by atoms with van der Waals surface area (Å²) in [6, 6.07) is 22.6. The van der Waals surface area contributed by atoms with Crippen LogP contribution in [0.15, 0.2) is 77.9 Å². The van der Waals surface area contributed by atoms with Crippen molar-refractivity contribution in [2.75, 3.05) is 5.32 Å². The van der Waals surface area contributed by atoms with Gasteiger partial charge in [0.2, 0.25) is 0 Å². The molecule has 0 saturated carbocycles. The normalized spacial score (nSPS) is 10.6. The van der Waals surface area contributed by atoms with Crippen LogP contribution in [0.3, 0.4) is 0 Å². The number of ether oxygens (including phenoxy) is 1. The zero-order valence-electron chi connectivity index (χ0n) is 14.7. The smallest absolute Gasteiger partial charge is 0.191 e. The van der Waals surface area contributed by atoms with Gasteiger partial charge >= 0.3 is 0 Å². The Labute approximate surface area is 179 Å². The number of nitrogens with zero attached hydrogens (tertiary/aromatic N) is 1. The molecule has 0 atom stereocenters. The summed E-state index contributed by atoms with van der Waals surface area (Å²) in [6.45, 7) is 0.390. The second-order valence-electron chi connectivity index (χ2n) is 5.80. The number of hydrazone groups is 1. The number of rotatable bonds is 6. The number of halogens is 2. The van der Waals surface area contributed by atoms with Crippen LogP contribution >= 0.6 is 35.4 Å². The van der Waals surface area contributed by atoms with Crippen LogP contribution in [0.25, 0.3) is 0 Å². The number of anilines is 1. The largest absolute Gasteiger partial charge is 0.489 e. The number of nitrogens with one attached hydrogen (secondary N) is 2. The zero-order chi connectivity index (χ0) is 19.8. The second-order valence-corrected chi connectivity index (χ2v) is 7.02. The molecular formula is C21H17Cl2N3OS. The van der Waals surface area contributed by atoms with E-state index in [0.717, 1.165) is 22.6 Å². The summed E-state index contributed by atoms with van der Waals surface area (Å²) in [6.07, 6.45) is 1.67. The van der Waals surface area contributed by atoms with Crippen LogP contribution in [0.4, 0.5) is 5.69 Å². The molecule has 0 heterocycles. The van der Waals surface area contributed by atoms with E-state index in [-0.39, 0.29) is 0 Å². The van der Waals surface area contributed by atoms with Gasteiger partial charge in [-0.15, -0.1) is 0 Å². The standard InChI is InChI=1S/C21H17Cl2N3OS/c22-19-10-9-16(12-20(19)23)14-27-18-8-4-5-15(11-18)13-24-26-21(28)25-17-6-2-1-3-7-17/h1-13H,14H2,(H2,25,26,28)/b24-13+. The van der Waals surface area contributed by atoms with Crippen molar-refractivity contribution in [2.24, 2.45) is 5.10 Å². The molecule has 4 nitrogen and oxygen atoms in total. The first-order valence-corrected chi connectivity index (χ1v) is 9.58. The highest BCUT2D eigenvalue weighted by Gasteiger charge is 2.01. The Morgan fingerprint density at radius 1 is 0.964 bits per heavy atom. The van der Waals surface area contributed by atoms with Crippen molar-refractivity contribution in [1.29, 1.82) is 0 Å². The third kappa shape index (κ3) is 6.23. The number of benzene rings is 3. The predicted octanol–water partition coefficient (Wildman–Crippen LogP) is 5.89. The minimum atomic E-state index is 0.390. The van der Waals surface area contributed by atoms with E-state index < -0.39 is 0 Å². The van der Waals surface area contributed by atoms with Crippen LogP contribution in [-0.4, -0.2) is 11.3 Å². The molecule has 2 N–H and O–H groups in total. The molecule has 0 saturated heterocycles. The lowest BCUT2D eigenvalue weighted by atomic mass is 10.2. The van der Waals surface area contributed by atoms with Crippen molar-refractivity contribution in [1.82, 2.24) is 5.43 Å². The van der Waals surface area contributed by atoms with Gasteiger partial charge < -0.3 is 10.1 Å². The molecule has 0 aliphatic heterocycles. The minimum Gasteiger partial charge on any atom is -0.489 e. The molecule has 0 aromatic heterocycles. The fraction of sp³-hybridized carbons (Fsp3) is 0.0476. The van der Waals surface area contributed by atoms with Crippen LogP contribution in [0, 0.1) is 0 Å². The highest BCUT2D eigenvalue weighted by Crippen LogP contribution is 2.23. The summed E-state index contributed by atoms with van der Waals surface area (Å²) in [7, 11) is 0. The first kappa shape index (κ1) is 20.1. The Hall–Kier alpha value is -2.60. The summed E-state index contributed by atoms with van der Waals surface area (Å²) >= 11 is 17.2. The van der Waals surface area contributed by atoms with Crippen molar-refractivity contribution in [3.63, 3.8) is 0 Å². The van der Waals surface area contributed by atoms with E-state index in [9.17, 15) is 0 Å². The maximum atomic E-state index is 6.03. The van der Waals surface area contributed by atoms with Crippen LogP contribution in [0.5, 0.6) is 5.75 Å². The fourth-order valence-electron chi connectivity index (χ4n) is 2.33. The lowest BCUT2D eigenvalue weighted by molar-refractivity contribution is 0.306. The van der Waals surface area contributed by atoms with Gasteiger partial charge in [0.05, 0.1) is 16.3 Å². The quantitative estimate of drug-likeness (QED) is 0.291. The molecule has 28 heavy (non-hydrogen) atoms. The van der Waals surface area contributed by atoms with E-state index in [4.69, 9.17) is 40.2 Å². The summed E-state index contributed by atoms with van der Waals surface area (Å²) < 4.78 is 5.81. The maximum Gasteiger partial charge on any atom is 0.191 e. The Kier molecular flexibility index (Phi) is 7.25. The van der Waals surface area contributed by atoms with E-state index in [1.165, 1.54) is 0 Å².